The third-order valence-electron chi connectivity index (χ3n) is 6.85. The van der Waals surface area contributed by atoms with E-state index in [0.717, 1.165) is 32.0 Å². The Morgan fingerprint density at radius 3 is 2.15 bits per heavy atom. The van der Waals surface area contributed by atoms with Gasteiger partial charge in [0.1, 0.15) is 17.3 Å². The quantitative estimate of drug-likeness (QED) is 0.198. The number of imidazole rings is 1. The number of aromatic nitrogens is 3. The molecule has 0 unspecified atom stereocenters. The van der Waals surface area contributed by atoms with Crippen LogP contribution in [0.25, 0.3) is 22.3 Å². The molecule has 3 aromatic rings. The van der Waals surface area contributed by atoms with E-state index in [1.165, 1.54) is 18.5 Å². The molecule has 46 heavy (non-hydrogen) atoms. The average molecular weight is 667 g/mol. The number of benzene rings is 1. The van der Waals surface area contributed by atoms with Crippen molar-refractivity contribution in [1.29, 1.82) is 5.26 Å². The van der Waals surface area contributed by atoms with Gasteiger partial charge >= 0.3 is 30.1 Å². The predicted octanol–water partition coefficient (Wildman–Crippen LogP) is 5.23. The first-order valence-corrected chi connectivity index (χ1v) is 13.5. The number of rotatable bonds is 8. The lowest BCUT2D eigenvalue weighted by Gasteiger charge is -2.29. The molecule has 9 nitrogen and oxygen atoms in total. The first kappa shape index (κ1) is 36.2. The van der Waals surface area contributed by atoms with E-state index in [4.69, 9.17) is 4.74 Å². The van der Waals surface area contributed by atoms with Crippen LogP contribution in [-0.4, -0.2) is 82.7 Å². The van der Waals surface area contributed by atoms with Gasteiger partial charge in [-0.05, 0) is 70.2 Å². The number of aryl methyl sites for hydroxylation is 1. The summed E-state index contributed by atoms with van der Waals surface area (Å²) in [4.78, 5) is 29.9. The number of pyridine rings is 1. The summed E-state index contributed by atoms with van der Waals surface area (Å²) >= 11 is 0. The third-order valence-corrected chi connectivity index (χ3v) is 6.85. The average Bonchev–Trinajstić information content (AvgIpc) is 3.36. The van der Waals surface area contributed by atoms with E-state index >= 15 is 0 Å². The Balaban J connectivity index is 0.000000409. The van der Waals surface area contributed by atoms with E-state index in [1.807, 2.05) is 6.07 Å². The molecule has 250 valence electrons. The highest BCUT2D eigenvalue weighted by Gasteiger charge is 2.54. The molecule has 0 bridgehead atoms. The highest BCUT2D eigenvalue weighted by Crippen LogP contribution is 2.39. The maximum atomic E-state index is 13.8. The van der Waals surface area contributed by atoms with Crippen molar-refractivity contribution in [1.82, 2.24) is 24.8 Å². The van der Waals surface area contributed by atoms with Gasteiger partial charge in [0.25, 0.3) is 0 Å². The van der Waals surface area contributed by atoms with Crippen molar-refractivity contribution in [2.24, 2.45) is 7.05 Å². The van der Waals surface area contributed by atoms with Gasteiger partial charge in [-0.2, -0.15) is 44.8 Å². The number of hydrogen-bond acceptors (Lipinski definition) is 8. The minimum Gasteiger partial charge on any atom is -0.493 e. The van der Waals surface area contributed by atoms with Crippen molar-refractivity contribution in [3.05, 3.63) is 41.9 Å². The number of ketones is 2. The van der Waals surface area contributed by atoms with Gasteiger partial charge in [-0.25, -0.2) is 9.97 Å². The van der Waals surface area contributed by atoms with Crippen LogP contribution in [0.3, 0.4) is 0 Å². The van der Waals surface area contributed by atoms with Gasteiger partial charge in [0.05, 0.1) is 29.7 Å². The monoisotopic (exact) mass is 666 g/mol. The van der Waals surface area contributed by atoms with Gasteiger partial charge in [-0.3, -0.25) is 9.59 Å². The fourth-order valence-corrected chi connectivity index (χ4v) is 4.42. The smallest absolute Gasteiger partial charge is 0.458 e. The lowest BCUT2D eigenvalue weighted by molar-refractivity contribution is -0.193. The van der Waals surface area contributed by atoms with E-state index in [2.05, 4.69) is 27.2 Å². The van der Waals surface area contributed by atoms with Crippen LogP contribution < -0.4 is 10.1 Å². The van der Waals surface area contributed by atoms with Crippen molar-refractivity contribution in [3.8, 4) is 23.1 Å². The van der Waals surface area contributed by atoms with Crippen LogP contribution in [0.4, 0.5) is 39.5 Å². The molecule has 0 aliphatic carbocycles. The number of likely N-dealkylation sites (tertiary alicyclic amines) is 1. The van der Waals surface area contributed by atoms with E-state index < -0.39 is 35.7 Å². The van der Waals surface area contributed by atoms with E-state index in [0.29, 0.717) is 30.0 Å². The SMILES string of the molecule is CN1CCC(NCCCOc2ccc(-c3cc4c(ncn4C)c(C#N)n3)cc2C(F)(F)F)CC1.O=C(C(=O)C(F)(F)F)C(F)(F)F. The summed E-state index contributed by atoms with van der Waals surface area (Å²) in [7, 11) is 3.85. The maximum Gasteiger partial charge on any atom is 0.458 e. The molecule has 3 heterocycles. The van der Waals surface area contributed by atoms with Crippen LogP contribution in [0, 0.1) is 11.3 Å². The number of nitrogens with one attached hydrogen (secondary N) is 1. The van der Waals surface area contributed by atoms with Gasteiger partial charge in [-0.15, -0.1) is 0 Å². The number of nitrogens with zero attached hydrogens (tertiary/aromatic N) is 5. The number of Topliss-reactive ketones (excluding diaryl/α,β-unsaturated/α-hetero) is 2. The van der Waals surface area contributed by atoms with Crippen molar-refractivity contribution >= 4 is 22.6 Å². The molecule has 1 N–H and O–H groups in total. The van der Waals surface area contributed by atoms with Crippen LogP contribution in [0.2, 0.25) is 0 Å². The van der Waals surface area contributed by atoms with Gasteiger partial charge in [0.2, 0.25) is 0 Å². The summed E-state index contributed by atoms with van der Waals surface area (Å²) < 4.78 is 116. The predicted molar refractivity (Wildman–Crippen MR) is 144 cm³/mol. The Morgan fingerprint density at radius 2 is 1.61 bits per heavy atom. The van der Waals surface area contributed by atoms with Crippen molar-refractivity contribution in [2.45, 2.75) is 43.8 Å². The Bertz CT molecular complexity index is 1560. The lowest BCUT2D eigenvalue weighted by Crippen LogP contribution is -2.41. The number of hydrogen-bond donors (Lipinski definition) is 1. The minimum absolute atomic E-state index is 0.0686. The number of nitriles is 1. The normalized spacial score (nSPS) is 14.8. The fraction of sp³-hybridized carbons (Fsp3) is 0.464. The summed E-state index contributed by atoms with van der Waals surface area (Å²) in [6, 6.07) is 7.94. The number of carbonyl (C=O) groups is 2. The lowest BCUT2D eigenvalue weighted by atomic mass is 10.0. The molecular weight excluding hydrogens is 639 g/mol. The maximum absolute atomic E-state index is 13.8. The summed E-state index contributed by atoms with van der Waals surface area (Å²) in [5.74, 6) is -7.03. The van der Waals surface area contributed by atoms with E-state index in [1.54, 1.807) is 17.7 Å². The molecule has 18 heteroatoms. The van der Waals surface area contributed by atoms with Gasteiger partial charge in [-0.1, -0.05) is 0 Å². The zero-order valence-corrected chi connectivity index (χ0v) is 24.3. The van der Waals surface area contributed by atoms with Gasteiger partial charge in [0, 0.05) is 18.7 Å². The Labute approximate surface area is 255 Å². The standard InChI is InChI=1S/C24H27F3N6O.C4F6O2/c1-32-9-6-17(7-10-32)29-8-3-11-34-22-5-4-16(12-18(22)24(25,26)27)19-13-21-23(20(14-28)31-19)30-15-33(21)2;5-3(6,7)1(11)2(12)4(8,9)10/h4-5,12-13,15,17,29H,3,6-11H2,1-2H3;. The molecule has 2 aromatic heterocycles. The van der Waals surface area contributed by atoms with Crippen LogP contribution >= 0.6 is 0 Å². The summed E-state index contributed by atoms with van der Waals surface area (Å²) in [6.07, 6.45) is -11.8. The first-order valence-electron chi connectivity index (χ1n) is 13.5. The summed E-state index contributed by atoms with van der Waals surface area (Å²) in [6.45, 7) is 2.97. The Hall–Kier alpha value is -4.24. The van der Waals surface area contributed by atoms with Gasteiger partial charge in [0.15, 0.2) is 5.69 Å². The van der Waals surface area contributed by atoms with Crippen LogP contribution in [0.15, 0.2) is 30.6 Å². The largest absolute Gasteiger partial charge is 0.493 e. The van der Waals surface area contributed by atoms with Crippen LogP contribution in [0.5, 0.6) is 5.75 Å². The van der Waals surface area contributed by atoms with Crippen LogP contribution in [-0.2, 0) is 22.8 Å². The summed E-state index contributed by atoms with van der Waals surface area (Å²) in [5, 5.41) is 12.9. The molecular formula is C28H27F9N6O3. The second kappa shape index (κ2) is 14.5. The molecule has 0 radical (unpaired) electrons. The highest BCUT2D eigenvalue weighted by molar-refractivity contribution is 6.41. The highest BCUT2D eigenvalue weighted by atomic mass is 19.4. The van der Waals surface area contributed by atoms with E-state index in [-0.39, 0.29) is 29.3 Å². The molecule has 1 fully saturated rings. The number of carbonyl (C=O) groups excluding carboxylic acids is 2. The molecule has 4 rings (SSSR count). The summed E-state index contributed by atoms with van der Waals surface area (Å²) in [5.41, 5.74) is 0.763. The van der Waals surface area contributed by atoms with Crippen molar-refractivity contribution in [2.75, 3.05) is 33.3 Å². The molecule has 0 amide bonds. The first-order chi connectivity index (χ1) is 21.3. The second-order valence-corrected chi connectivity index (χ2v) is 10.3. The number of alkyl halides is 9. The minimum atomic E-state index is -5.77. The van der Waals surface area contributed by atoms with Crippen molar-refractivity contribution < 1.29 is 53.8 Å². The van der Waals surface area contributed by atoms with Crippen LogP contribution in [0.1, 0.15) is 30.5 Å². The number of fused-ring (bicyclic) bond motifs is 1. The molecule has 1 aliphatic rings. The zero-order valence-electron chi connectivity index (χ0n) is 24.3. The molecule has 0 atom stereocenters. The molecule has 0 saturated carbocycles. The molecule has 0 spiro atoms. The topological polar surface area (TPSA) is 113 Å². The zero-order chi connectivity index (χ0) is 34.4. The molecule has 1 aliphatic heterocycles. The number of ether oxygens (including phenoxy) is 1. The molecule has 1 aromatic carbocycles. The molecule has 1 saturated heterocycles. The number of halogens is 9. The number of piperidine rings is 1. The van der Waals surface area contributed by atoms with Crippen molar-refractivity contribution in [3.63, 3.8) is 0 Å². The van der Waals surface area contributed by atoms with Gasteiger partial charge < -0.3 is 19.5 Å². The Morgan fingerprint density at radius 1 is 1.00 bits per heavy atom. The second-order valence-electron chi connectivity index (χ2n) is 10.3. The fourth-order valence-electron chi connectivity index (χ4n) is 4.42. The third kappa shape index (κ3) is 9.39. The Kier molecular flexibility index (Phi) is 11.4. The van der Waals surface area contributed by atoms with E-state index in [9.17, 15) is 54.4 Å².